The van der Waals surface area contributed by atoms with Gasteiger partial charge in [-0.25, -0.2) is 9.37 Å². The quantitative estimate of drug-likeness (QED) is 0.0711. The number of imide groups is 1. The van der Waals surface area contributed by atoms with Gasteiger partial charge < -0.3 is 35.7 Å². The molecule has 0 unspecified atom stereocenters. The molecule has 2 aromatic heterocycles. The Labute approximate surface area is 362 Å². The molecule has 1 aliphatic carbocycles. The van der Waals surface area contributed by atoms with Crippen molar-refractivity contribution in [3.05, 3.63) is 73.8 Å². The van der Waals surface area contributed by atoms with Crippen molar-refractivity contribution in [2.45, 2.75) is 123 Å². The van der Waals surface area contributed by atoms with Crippen LogP contribution in [0.2, 0.25) is 0 Å². The van der Waals surface area contributed by atoms with Crippen LogP contribution in [0.3, 0.4) is 0 Å². The van der Waals surface area contributed by atoms with E-state index in [2.05, 4.69) is 21.3 Å². The van der Waals surface area contributed by atoms with Gasteiger partial charge in [-0.3, -0.25) is 43.9 Å². The Balaban J connectivity index is 0.933. The molecule has 0 saturated carbocycles. The Hall–Kier alpha value is -6.30. The number of aromatic nitrogens is 2. The molecule has 1 aromatic carbocycles. The molecule has 0 saturated heterocycles. The first kappa shape index (κ1) is 44.7. The average molecular weight is 869 g/mol. The minimum Gasteiger partial charge on any atom is -0.474 e. The van der Waals surface area contributed by atoms with Crippen LogP contribution in [0.4, 0.5) is 4.39 Å². The monoisotopic (exact) mass is 868 g/mol. The Morgan fingerprint density at radius 2 is 1.68 bits per heavy atom. The maximum absolute atomic E-state index is 15.3. The van der Waals surface area contributed by atoms with Crippen molar-refractivity contribution >= 4 is 52.2 Å². The minimum atomic E-state index is -1.84. The number of aryl methyl sites for hydroxylation is 1. The molecule has 18 heteroatoms. The van der Waals surface area contributed by atoms with Gasteiger partial charge in [0.15, 0.2) is 5.60 Å². The highest BCUT2D eigenvalue weighted by atomic mass is 19.1. The van der Waals surface area contributed by atoms with Crippen molar-refractivity contribution in [1.82, 2.24) is 35.7 Å². The molecule has 63 heavy (non-hydrogen) atoms. The molecule has 0 radical (unpaired) electrons. The number of rotatable bonds is 16. The number of nitrogens with one attached hydrogen (secondary N) is 5. The first-order valence-electron chi connectivity index (χ1n) is 21.5. The molecular formula is C45H53FN8O9. The highest BCUT2D eigenvalue weighted by molar-refractivity contribution is 6.12. The Bertz CT molecular complexity index is 2530. The van der Waals surface area contributed by atoms with Crippen molar-refractivity contribution < 1.29 is 43.0 Å². The van der Waals surface area contributed by atoms with Gasteiger partial charge in [-0.05, 0) is 81.5 Å². The molecule has 0 spiro atoms. The first-order chi connectivity index (χ1) is 29.9. The fourth-order valence-corrected chi connectivity index (χ4v) is 8.88. The molecule has 6 amide bonds. The van der Waals surface area contributed by atoms with Crippen molar-refractivity contribution in [3.63, 3.8) is 0 Å². The van der Waals surface area contributed by atoms with E-state index in [9.17, 15) is 38.7 Å². The van der Waals surface area contributed by atoms with E-state index in [-0.39, 0.29) is 92.1 Å². The number of carbonyl (C=O) groups excluding carboxylic acids is 6. The zero-order chi connectivity index (χ0) is 45.5. The molecular weight excluding hydrogens is 816 g/mol. The summed E-state index contributed by atoms with van der Waals surface area (Å²) in [5, 5.41) is 31.3. The smallest absolute Gasteiger partial charge is 0.258 e. The van der Waals surface area contributed by atoms with Crippen LogP contribution in [-0.4, -0.2) is 86.1 Å². The Kier molecular flexibility index (Phi) is 12.7. The molecule has 0 bridgehead atoms. The lowest BCUT2D eigenvalue weighted by molar-refractivity contribution is -0.137. The van der Waals surface area contributed by atoms with E-state index in [4.69, 9.17) is 15.1 Å². The van der Waals surface area contributed by atoms with Gasteiger partial charge in [0.25, 0.3) is 17.4 Å². The molecule has 4 atom stereocenters. The third kappa shape index (κ3) is 8.72. The molecule has 17 nitrogen and oxygen atoms in total. The van der Waals surface area contributed by atoms with Crippen molar-refractivity contribution in [2.24, 2.45) is 5.92 Å². The number of nitrogens with zero attached hydrogens (tertiary/aromatic N) is 3. The number of hydrogen-bond acceptors (Lipinski definition) is 11. The molecule has 3 aromatic rings. The lowest BCUT2D eigenvalue weighted by Crippen LogP contribution is -2.54. The number of unbranched alkanes of at least 4 members (excludes halogenated alkanes) is 2. The minimum absolute atomic E-state index is 0.0594. The van der Waals surface area contributed by atoms with Gasteiger partial charge in [0, 0.05) is 60.7 Å². The predicted molar refractivity (Wildman–Crippen MR) is 227 cm³/mol. The standard InChI is InChI=1S/C45H53FN8O9/c1-22(2)39(52-34(56)10-7-6-8-17-53-35(57)14-15-36(53)58)42(60)49-24(4)41(59)48-16-9-11-33(55)50-30-13-12-25-23(3)29(46)19-31-37(25)38(30)26-20-54-32(40(26)51-31)18-28-27(43(54)61)21-63-44(47)45(28,5)62/h14-15,18-19,22,24,30,39,47,62H,6-13,16-17,20-21H2,1-5H3,(H,48,59)(H,49,60)(H,50,55)(H,52,56)/t24-,30-,39-,45-/m0/s1. The van der Waals surface area contributed by atoms with Crippen LogP contribution in [0.1, 0.15) is 112 Å². The summed E-state index contributed by atoms with van der Waals surface area (Å²) in [6.07, 6.45) is 5.54. The second-order valence-electron chi connectivity index (χ2n) is 17.3. The van der Waals surface area contributed by atoms with Crippen LogP contribution in [0.15, 0.2) is 29.1 Å². The summed E-state index contributed by atoms with van der Waals surface area (Å²) in [6, 6.07) is 0.689. The van der Waals surface area contributed by atoms with Crippen molar-refractivity contribution in [2.75, 3.05) is 13.1 Å². The predicted octanol–water partition coefficient (Wildman–Crippen LogP) is 2.72. The fourth-order valence-electron chi connectivity index (χ4n) is 8.88. The molecule has 6 N–H and O–H groups in total. The van der Waals surface area contributed by atoms with E-state index >= 15 is 4.39 Å². The number of pyridine rings is 2. The lowest BCUT2D eigenvalue weighted by Gasteiger charge is -2.31. The van der Waals surface area contributed by atoms with Crippen LogP contribution in [-0.2, 0) is 58.7 Å². The number of carbonyl (C=O) groups is 6. The second kappa shape index (κ2) is 17.8. The average Bonchev–Trinajstić information content (AvgIpc) is 3.77. The van der Waals surface area contributed by atoms with Gasteiger partial charge in [0.1, 0.15) is 24.5 Å². The van der Waals surface area contributed by atoms with Crippen LogP contribution >= 0.6 is 0 Å². The number of benzene rings is 1. The summed E-state index contributed by atoms with van der Waals surface area (Å²) >= 11 is 0. The molecule has 4 aliphatic rings. The topological polar surface area (TPSA) is 242 Å². The van der Waals surface area contributed by atoms with Gasteiger partial charge in [-0.2, -0.15) is 0 Å². The maximum atomic E-state index is 15.3. The third-order valence-electron chi connectivity index (χ3n) is 12.5. The van der Waals surface area contributed by atoms with Gasteiger partial charge >= 0.3 is 0 Å². The van der Waals surface area contributed by atoms with Crippen LogP contribution in [0.25, 0.3) is 22.3 Å². The maximum Gasteiger partial charge on any atom is 0.258 e. The zero-order valence-electron chi connectivity index (χ0n) is 36.0. The summed E-state index contributed by atoms with van der Waals surface area (Å²) < 4.78 is 22.2. The molecule has 7 rings (SSSR count). The number of fused-ring (bicyclic) bond motifs is 5. The fraction of sp³-hybridized carbons (Fsp3) is 0.489. The summed E-state index contributed by atoms with van der Waals surface area (Å²) in [7, 11) is 0. The van der Waals surface area contributed by atoms with E-state index in [1.54, 1.807) is 26.8 Å². The highest BCUT2D eigenvalue weighted by Crippen LogP contribution is 2.45. The Morgan fingerprint density at radius 1 is 0.968 bits per heavy atom. The zero-order valence-corrected chi connectivity index (χ0v) is 36.0. The van der Waals surface area contributed by atoms with Gasteiger partial charge in [0.2, 0.25) is 29.5 Å². The molecule has 0 fully saturated rings. The third-order valence-corrected chi connectivity index (χ3v) is 12.5. The summed E-state index contributed by atoms with van der Waals surface area (Å²) in [5.74, 6) is -3.36. The highest BCUT2D eigenvalue weighted by Gasteiger charge is 2.42. The number of ether oxygens (including phenoxy) is 1. The number of amides is 6. The van der Waals surface area contributed by atoms with Gasteiger partial charge in [0.05, 0.1) is 35.1 Å². The van der Waals surface area contributed by atoms with E-state index < -0.39 is 46.9 Å². The van der Waals surface area contributed by atoms with Crippen LogP contribution in [0.5, 0.6) is 0 Å². The Morgan fingerprint density at radius 3 is 2.40 bits per heavy atom. The van der Waals surface area contributed by atoms with E-state index in [0.29, 0.717) is 60.1 Å². The molecule has 5 heterocycles. The van der Waals surface area contributed by atoms with E-state index in [1.807, 2.05) is 0 Å². The summed E-state index contributed by atoms with van der Waals surface area (Å²) in [6.45, 7) is 8.56. The lowest BCUT2D eigenvalue weighted by atomic mass is 9.81. The molecule has 3 aliphatic heterocycles. The molecule has 334 valence electrons. The van der Waals surface area contributed by atoms with E-state index in [1.165, 1.54) is 36.6 Å². The first-order valence-corrected chi connectivity index (χ1v) is 21.5. The van der Waals surface area contributed by atoms with Gasteiger partial charge in [-0.1, -0.05) is 20.3 Å². The van der Waals surface area contributed by atoms with Crippen molar-refractivity contribution in [3.8, 4) is 11.4 Å². The van der Waals surface area contributed by atoms with E-state index in [0.717, 1.165) is 21.4 Å². The van der Waals surface area contributed by atoms with Crippen molar-refractivity contribution in [1.29, 1.82) is 5.41 Å². The normalized spacial score (nSPS) is 19.3. The number of halogens is 1. The largest absolute Gasteiger partial charge is 0.474 e. The van der Waals surface area contributed by atoms with Crippen LogP contribution in [0, 0.1) is 24.1 Å². The summed E-state index contributed by atoms with van der Waals surface area (Å²) in [4.78, 5) is 95.6. The SMILES string of the molecule is Cc1c(F)cc2nc3c(c4c2c1CC[C@@H]4NC(=O)CCCNC(=O)[C@H](C)NC(=O)[C@@H](NC(=O)CCCCCN1C(=O)C=CC1=O)C(C)C)Cn1c-3cc2c(c1=O)COC(=N)[C@@]2(C)O. The number of hydrogen-bond donors (Lipinski definition) is 6. The summed E-state index contributed by atoms with van der Waals surface area (Å²) in [5.41, 5.74) is 2.23. The van der Waals surface area contributed by atoms with Gasteiger partial charge in [-0.15, -0.1) is 0 Å². The van der Waals surface area contributed by atoms with Crippen LogP contribution < -0.4 is 26.8 Å². The number of aliphatic hydroxyl groups is 1. The second-order valence-corrected chi connectivity index (χ2v) is 17.3.